The summed E-state index contributed by atoms with van der Waals surface area (Å²) in [5.41, 5.74) is 3.00. The summed E-state index contributed by atoms with van der Waals surface area (Å²) in [4.78, 5) is 12.8. The second kappa shape index (κ2) is 7.10. The Morgan fingerprint density at radius 3 is 1.71 bits per heavy atom. The molecule has 3 aromatic rings. The average Bonchev–Trinajstić information content (AvgIpc) is 2.67. The predicted molar refractivity (Wildman–Crippen MR) is 113 cm³/mol. The van der Waals surface area contributed by atoms with Crippen LogP contribution < -0.4 is 0 Å². The number of rotatable bonds is 3. The Morgan fingerprint density at radius 2 is 1.25 bits per heavy atom. The Morgan fingerprint density at radius 1 is 0.679 bits per heavy atom. The maximum Gasteiger partial charge on any atom is 0.139 e. The molecule has 1 atom stereocenters. The Bertz CT molecular complexity index is 921. The van der Waals surface area contributed by atoms with E-state index in [1.165, 1.54) is 11.9 Å². The normalized spacial score (nSPS) is 14.5. The second-order valence-corrected chi connectivity index (χ2v) is 9.35. The standard InChI is InChI=1S/C24H29N3O/c1-22(2,3)19-10-7-17(8-11-19)18-9-12-21(27-13-18)24(28,23(4,5)6)20-14-25-16-26-15-20/h7-16,28H,1-6H3. The van der Waals surface area contributed by atoms with Gasteiger partial charge < -0.3 is 5.11 Å². The van der Waals surface area contributed by atoms with Crippen LogP contribution in [0.3, 0.4) is 0 Å². The molecule has 0 aliphatic carbocycles. The number of aliphatic hydroxyl groups is 1. The van der Waals surface area contributed by atoms with Gasteiger partial charge >= 0.3 is 0 Å². The van der Waals surface area contributed by atoms with Gasteiger partial charge in [0, 0.05) is 35.1 Å². The molecule has 0 radical (unpaired) electrons. The molecule has 4 nitrogen and oxygen atoms in total. The van der Waals surface area contributed by atoms with Crippen LogP contribution in [0.1, 0.15) is 58.4 Å². The lowest BCUT2D eigenvalue weighted by atomic mass is 9.70. The first-order valence-corrected chi connectivity index (χ1v) is 9.59. The van der Waals surface area contributed by atoms with E-state index in [-0.39, 0.29) is 5.41 Å². The predicted octanol–water partition coefficient (Wildman–Crippen LogP) is 5.12. The third-order valence-corrected chi connectivity index (χ3v) is 5.28. The van der Waals surface area contributed by atoms with Crippen molar-refractivity contribution < 1.29 is 5.11 Å². The van der Waals surface area contributed by atoms with Gasteiger partial charge in [-0.1, -0.05) is 71.9 Å². The minimum Gasteiger partial charge on any atom is -0.378 e. The first kappa shape index (κ1) is 20.2. The molecular formula is C24H29N3O. The van der Waals surface area contributed by atoms with Gasteiger partial charge in [-0.25, -0.2) is 9.97 Å². The molecule has 2 heterocycles. The summed E-state index contributed by atoms with van der Waals surface area (Å²) in [5.74, 6) is 0. The van der Waals surface area contributed by atoms with E-state index in [0.717, 1.165) is 11.1 Å². The smallest absolute Gasteiger partial charge is 0.139 e. The van der Waals surface area contributed by atoms with Gasteiger partial charge in [-0.3, -0.25) is 4.98 Å². The number of aromatic nitrogens is 3. The summed E-state index contributed by atoms with van der Waals surface area (Å²) in [6.45, 7) is 12.6. The fourth-order valence-electron chi connectivity index (χ4n) is 3.39. The summed E-state index contributed by atoms with van der Waals surface area (Å²) < 4.78 is 0. The van der Waals surface area contributed by atoms with E-state index in [9.17, 15) is 5.11 Å². The largest absolute Gasteiger partial charge is 0.378 e. The fraction of sp³-hybridized carbons (Fsp3) is 0.375. The Labute approximate surface area is 167 Å². The molecule has 0 amide bonds. The van der Waals surface area contributed by atoms with E-state index < -0.39 is 11.0 Å². The van der Waals surface area contributed by atoms with Crippen molar-refractivity contribution in [3.8, 4) is 11.1 Å². The molecule has 28 heavy (non-hydrogen) atoms. The van der Waals surface area contributed by atoms with Gasteiger partial charge in [0.15, 0.2) is 0 Å². The second-order valence-electron chi connectivity index (χ2n) is 9.35. The lowest BCUT2D eigenvalue weighted by molar-refractivity contribution is -0.0301. The molecule has 0 fully saturated rings. The molecule has 0 aliphatic heterocycles. The van der Waals surface area contributed by atoms with Crippen molar-refractivity contribution >= 4 is 0 Å². The van der Waals surface area contributed by atoms with Gasteiger partial charge in [-0.05, 0) is 22.6 Å². The number of hydrogen-bond donors (Lipinski definition) is 1. The molecule has 146 valence electrons. The van der Waals surface area contributed by atoms with Crippen LogP contribution in [0.25, 0.3) is 11.1 Å². The molecule has 0 saturated heterocycles. The SMILES string of the molecule is CC(C)(C)c1ccc(-c2ccc(C(O)(c3cncnc3)C(C)(C)C)nc2)cc1. The lowest BCUT2D eigenvalue weighted by Crippen LogP contribution is -2.42. The maximum absolute atomic E-state index is 11.6. The molecular weight excluding hydrogens is 346 g/mol. The van der Waals surface area contributed by atoms with Gasteiger partial charge in [0.2, 0.25) is 0 Å². The molecule has 3 rings (SSSR count). The van der Waals surface area contributed by atoms with E-state index in [1.807, 2.05) is 39.1 Å². The minimum atomic E-state index is -1.29. The van der Waals surface area contributed by atoms with Gasteiger partial charge in [-0.2, -0.15) is 0 Å². The number of pyridine rings is 1. The van der Waals surface area contributed by atoms with E-state index in [2.05, 4.69) is 60.0 Å². The third kappa shape index (κ3) is 3.69. The zero-order valence-corrected chi connectivity index (χ0v) is 17.6. The molecule has 1 aromatic carbocycles. The van der Waals surface area contributed by atoms with Crippen LogP contribution in [-0.2, 0) is 11.0 Å². The van der Waals surface area contributed by atoms with Crippen LogP contribution in [0.15, 0.2) is 61.3 Å². The summed E-state index contributed by atoms with van der Waals surface area (Å²) in [5, 5.41) is 11.6. The first-order chi connectivity index (χ1) is 13.0. The lowest BCUT2D eigenvalue weighted by Gasteiger charge is -2.39. The van der Waals surface area contributed by atoms with Crippen molar-refractivity contribution in [2.45, 2.75) is 52.6 Å². The summed E-state index contributed by atoms with van der Waals surface area (Å²) in [6, 6.07) is 12.5. The molecule has 4 heteroatoms. The van der Waals surface area contributed by atoms with Crippen molar-refractivity contribution in [2.24, 2.45) is 5.41 Å². The highest BCUT2D eigenvalue weighted by molar-refractivity contribution is 5.63. The first-order valence-electron chi connectivity index (χ1n) is 9.59. The van der Waals surface area contributed by atoms with Crippen molar-refractivity contribution in [1.29, 1.82) is 0 Å². The third-order valence-electron chi connectivity index (χ3n) is 5.28. The van der Waals surface area contributed by atoms with Crippen LogP contribution in [0, 0.1) is 5.41 Å². The molecule has 1 N–H and O–H groups in total. The topological polar surface area (TPSA) is 58.9 Å². The van der Waals surface area contributed by atoms with Crippen LogP contribution >= 0.6 is 0 Å². The zero-order valence-electron chi connectivity index (χ0n) is 17.6. The van der Waals surface area contributed by atoms with Crippen molar-refractivity contribution in [3.63, 3.8) is 0 Å². The molecule has 0 aliphatic rings. The van der Waals surface area contributed by atoms with Crippen LogP contribution in [-0.4, -0.2) is 20.1 Å². The summed E-state index contributed by atoms with van der Waals surface area (Å²) >= 11 is 0. The van der Waals surface area contributed by atoms with Crippen LogP contribution in [0.2, 0.25) is 0 Å². The zero-order chi connectivity index (χ0) is 20.6. The van der Waals surface area contributed by atoms with E-state index >= 15 is 0 Å². The highest BCUT2D eigenvalue weighted by atomic mass is 16.3. The van der Waals surface area contributed by atoms with Crippen LogP contribution in [0.5, 0.6) is 0 Å². The molecule has 2 aromatic heterocycles. The summed E-state index contributed by atoms with van der Waals surface area (Å²) in [6.07, 6.45) is 6.59. The van der Waals surface area contributed by atoms with Gasteiger partial charge in [-0.15, -0.1) is 0 Å². The van der Waals surface area contributed by atoms with Crippen molar-refractivity contribution in [1.82, 2.24) is 15.0 Å². The average molecular weight is 376 g/mol. The highest BCUT2D eigenvalue weighted by Crippen LogP contribution is 2.43. The molecule has 0 saturated carbocycles. The number of benzene rings is 1. The van der Waals surface area contributed by atoms with Gasteiger partial charge in [0.05, 0.1) is 5.69 Å². The van der Waals surface area contributed by atoms with Crippen molar-refractivity contribution in [2.75, 3.05) is 0 Å². The maximum atomic E-state index is 11.6. The van der Waals surface area contributed by atoms with E-state index in [0.29, 0.717) is 11.3 Å². The van der Waals surface area contributed by atoms with Gasteiger partial charge in [0.25, 0.3) is 0 Å². The molecule has 0 spiro atoms. The highest BCUT2D eigenvalue weighted by Gasteiger charge is 2.45. The van der Waals surface area contributed by atoms with Gasteiger partial charge in [0.1, 0.15) is 11.9 Å². The number of hydrogen-bond acceptors (Lipinski definition) is 4. The quantitative estimate of drug-likeness (QED) is 0.690. The van der Waals surface area contributed by atoms with E-state index in [1.54, 1.807) is 12.4 Å². The number of nitrogens with zero attached hydrogens (tertiary/aromatic N) is 3. The van der Waals surface area contributed by atoms with Crippen LogP contribution in [0.4, 0.5) is 0 Å². The van der Waals surface area contributed by atoms with Crippen molar-refractivity contribution in [3.05, 3.63) is 78.1 Å². The monoisotopic (exact) mass is 375 g/mol. The molecule has 0 bridgehead atoms. The fourth-order valence-corrected chi connectivity index (χ4v) is 3.39. The Balaban J connectivity index is 1.99. The summed E-state index contributed by atoms with van der Waals surface area (Å²) in [7, 11) is 0. The molecule has 1 unspecified atom stereocenters. The minimum absolute atomic E-state index is 0.127. The van der Waals surface area contributed by atoms with E-state index in [4.69, 9.17) is 0 Å². The Hall–Kier alpha value is -2.59. The Kier molecular flexibility index (Phi) is 5.11.